The lowest BCUT2D eigenvalue weighted by Crippen LogP contribution is -2.46. The van der Waals surface area contributed by atoms with E-state index in [-0.39, 0.29) is 6.61 Å². The van der Waals surface area contributed by atoms with Gasteiger partial charge in [-0.15, -0.1) is 0 Å². The maximum absolute atomic E-state index is 11.8. The van der Waals surface area contributed by atoms with Crippen LogP contribution >= 0.6 is 0 Å². The molecule has 0 saturated carbocycles. The number of carbonyl (C=O) groups excluding carboxylic acids is 2. The second-order valence-electron chi connectivity index (χ2n) is 3.74. The molecular formula is C13H17N3O3. The molecule has 1 unspecified atom stereocenters. The molecule has 6 nitrogen and oxygen atoms in total. The van der Waals surface area contributed by atoms with Gasteiger partial charge in [0.1, 0.15) is 6.04 Å². The predicted octanol–water partition coefficient (Wildman–Crippen LogP) is 1.08. The molecule has 1 aromatic carbocycles. The van der Waals surface area contributed by atoms with Gasteiger partial charge in [0, 0.05) is 13.1 Å². The fourth-order valence-corrected chi connectivity index (χ4v) is 1.53. The van der Waals surface area contributed by atoms with Gasteiger partial charge in [-0.25, -0.2) is 10.2 Å². The minimum atomic E-state index is -0.757. The van der Waals surface area contributed by atoms with Crippen LogP contribution in [0.15, 0.2) is 35.4 Å². The quantitative estimate of drug-likeness (QED) is 0.595. The van der Waals surface area contributed by atoms with Crippen LogP contribution in [0.5, 0.6) is 0 Å². The van der Waals surface area contributed by atoms with Crippen LogP contribution in [0, 0.1) is 0 Å². The van der Waals surface area contributed by atoms with Crippen molar-refractivity contribution in [3.63, 3.8) is 0 Å². The van der Waals surface area contributed by atoms with E-state index in [1.54, 1.807) is 6.92 Å². The topological polar surface area (TPSA) is 79.8 Å². The van der Waals surface area contributed by atoms with E-state index >= 15 is 0 Å². The summed E-state index contributed by atoms with van der Waals surface area (Å²) in [5.74, 6) is -0.438. The highest BCUT2D eigenvalue weighted by Gasteiger charge is 2.21. The molecule has 0 aromatic heterocycles. The lowest BCUT2D eigenvalue weighted by atomic mass is 10.1. The molecule has 2 amide bonds. The number of ether oxygens (including phenoxy) is 1. The van der Waals surface area contributed by atoms with Gasteiger partial charge in [0.2, 0.25) is 0 Å². The summed E-state index contributed by atoms with van der Waals surface area (Å²) in [6.45, 7) is 5.11. The first-order chi connectivity index (χ1) is 9.17. The fourth-order valence-electron chi connectivity index (χ4n) is 1.53. The Hall–Kier alpha value is -2.37. The number of benzene rings is 1. The highest BCUT2D eigenvalue weighted by molar-refractivity contribution is 5.85. The maximum Gasteiger partial charge on any atom is 0.407 e. The van der Waals surface area contributed by atoms with Crippen LogP contribution in [0.3, 0.4) is 0 Å². The number of nitrogens with zero attached hydrogens (tertiary/aromatic N) is 1. The molecule has 0 bridgehead atoms. The van der Waals surface area contributed by atoms with Crippen molar-refractivity contribution in [1.29, 1.82) is 0 Å². The third-order valence-electron chi connectivity index (χ3n) is 2.36. The van der Waals surface area contributed by atoms with E-state index in [0.29, 0.717) is 6.42 Å². The van der Waals surface area contributed by atoms with Gasteiger partial charge in [-0.1, -0.05) is 30.3 Å². The SMILES string of the molecule is C=NNC(=O)C(Cc1ccccc1)NC(=O)OCC. The number of alkyl carbamates (subject to hydrolysis) is 1. The summed E-state index contributed by atoms with van der Waals surface area (Å²) in [7, 11) is 0. The smallest absolute Gasteiger partial charge is 0.407 e. The highest BCUT2D eigenvalue weighted by atomic mass is 16.5. The van der Waals surface area contributed by atoms with Crippen LogP contribution in [0.25, 0.3) is 0 Å². The maximum atomic E-state index is 11.8. The average Bonchev–Trinajstić information content (AvgIpc) is 2.40. The summed E-state index contributed by atoms with van der Waals surface area (Å²) in [5, 5.41) is 5.80. The normalized spacial score (nSPS) is 11.2. The Morgan fingerprint density at radius 2 is 2.05 bits per heavy atom. The zero-order valence-electron chi connectivity index (χ0n) is 10.8. The summed E-state index contributed by atoms with van der Waals surface area (Å²) in [6, 6.07) is 8.58. The van der Waals surface area contributed by atoms with Gasteiger partial charge in [0.15, 0.2) is 0 Å². The van der Waals surface area contributed by atoms with Crippen LogP contribution in [-0.2, 0) is 16.0 Å². The summed E-state index contributed by atoms with van der Waals surface area (Å²) in [6.07, 6.45) is -0.288. The number of hydrazone groups is 1. The Bertz CT molecular complexity index is 434. The number of nitrogens with one attached hydrogen (secondary N) is 2. The Balaban J connectivity index is 2.71. The first kappa shape index (κ1) is 14.7. The summed E-state index contributed by atoms with van der Waals surface area (Å²) in [4.78, 5) is 23.2. The lowest BCUT2D eigenvalue weighted by Gasteiger charge is -2.16. The molecule has 6 heteroatoms. The van der Waals surface area contributed by atoms with Gasteiger partial charge in [-0.05, 0) is 12.5 Å². The molecule has 102 valence electrons. The third-order valence-corrected chi connectivity index (χ3v) is 2.36. The van der Waals surface area contributed by atoms with Crippen molar-refractivity contribution in [2.24, 2.45) is 5.10 Å². The first-order valence-electron chi connectivity index (χ1n) is 5.90. The molecular weight excluding hydrogens is 246 g/mol. The molecule has 0 aliphatic rings. The molecule has 1 atom stereocenters. The molecule has 0 aliphatic heterocycles. The Labute approximate surface area is 111 Å². The van der Waals surface area contributed by atoms with E-state index in [4.69, 9.17) is 4.74 Å². The summed E-state index contributed by atoms with van der Waals surface area (Å²) >= 11 is 0. The van der Waals surface area contributed by atoms with Crippen LogP contribution in [0.1, 0.15) is 12.5 Å². The standard InChI is InChI=1S/C13H17N3O3/c1-3-19-13(18)15-11(12(17)16-14-2)9-10-7-5-4-6-8-10/h4-8,11H,2-3,9H2,1H3,(H,15,18)(H,16,17). The monoisotopic (exact) mass is 263 g/mol. The van der Waals surface area contributed by atoms with E-state index in [0.717, 1.165) is 5.56 Å². The Kier molecular flexibility index (Phi) is 6.08. The first-order valence-corrected chi connectivity index (χ1v) is 5.90. The zero-order valence-corrected chi connectivity index (χ0v) is 10.8. The molecule has 1 rings (SSSR count). The second-order valence-corrected chi connectivity index (χ2v) is 3.74. The van der Waals surface area contributed by atoms with Crippen molar-refractivity contribution < 1.29 is 14.3 Å². The minimum absolute atomic E-state index is 0.241. The largest absolute Gasteiger partial charge is 0.450 e. The van der Waals surface area contributed by atoms with Crippen molar-refractivity contribution in [3.8, 4) is 0 Å². The number of amides is 2. The second kappa shape index (κ2) is 7.86. The Morgan fingerprint density at radius 1 is 1.37 bits per heavy atom. The fraction of sp³-hybridized carbons (Fsp3) is 0.308. The number of carbonyl (C=O) groups is 2. The minimum Gasteiger partial charge on any atom is -0.450 e. The van der Waals surface area contributed by atoms with Crippen molar-refractivity contribution in [1.82, 2.24) is 10.7 Å². The van der Waals surface area contributed by atoms with Crippen molar-refractivity contribution in [2.75, 3.05) is 6.61 Å². The van der Waals surface area contributed by atoms with Gasteiger partial charge < -0.3 is 10.1 Å². The summed E-state index contributed by atoms with van der Waals surface area (Å²) in [5.41, 5.74) is 3.14. The third kappa shape index (κ3) is 5.20. The van der Waals surface area contributed by atoms with Crippen molar-refractivity contribution in [2.45, 2.75) is 19.4 Å². The summed E-state index contributed by atoms with van der Waals surface area (Å²) < 4.78 is 4.76. The number of hydrogen-bond donors (Lipinski definition) is 2. The molecule has 0 fully saturated rings. The van der Waals surface area contributed by atoms with Crippen LogP contribution < -0.4 is 10.7 Å². The molecule has 1 aromatic rings. The van der Waals surface area contributed by atoms with Gasteiger partial charge in [-0.3, -0.25) is 4.79 Å². The van der Waals surface area contributed by atoms with Gasteiger partial charge >= 0.3 is 6.09 Å². The van der Waals surface area contributed by atoms with E-state index in [1.807, 2.05) is 30.3 Å². The molecule has 0 saturated heterocycles. The van der Waals surface area contributed by atoms with Gasteiger partial charge in [0.25, 0.3) is 5.91 Å². The zero-order chi connectivity index (χ0) is 14.1. The van der Waals surface area contributed by atoms with E-state index in [9.17, 15) is 9.59 Å². The van der Waals surface area contributed by atoms with Crippen molar-refractivity contribution in [3.05, 3.63) is 35.9 Å². The van der Waals surface area contributed by atoms with Gasteiger partial charge in [-0.2, -0.15) is 5.10 Å². The molecule has 0 spiro atoms. The highest BCUT2D eigenvalue weighted by Crippen LogP contribution is 2.04. The van der Waals surface area contributed by atoms with Crippen LogP contribution in [-0.4, -0.2) is 31.4 Å². The molecule has 0 radical (unpaired) electrons. The van der Waals surface area contributed by atoms with E-state index < -0.39 is 18.0 Å². The number of hydrogen-bond acceptors (Lipinski definition) is 4. The van der Waals surface area contributed by atoms with Crippen molar-refractivity contribution >= 4 is 18.7 Å². The Morgan fingerprint density at radius 3 is 2.63 bits per heavy atom. The average molecular weight is 263 g/mol. The predicted molar refractivity (Wildman–Crippen MR) is 71.8 cm³/mol. The molecule has 0 heterocycles. The number of rotatable bonds is 6. The lowest BCUT2D eigenvalue weighted by molar-refractivity contribution is -0.123. The molecule has 19 heavy (non-hydrogen) atoms. The molecule has 2 N–H and O–H groups in total. The molecule has 0 aliphatic carbocycles. The van der Waals surface area contributed by atoms with Crippen LogP contribution in [0.4, 0.5) is 4.79 Å². The van der Waals surface area contributed by atoms with Crippen LogP contribution in [0.2, 0.25) is 0 Å². The van der Waals surface area contributed by atoms with E-state index in [2.05, 4.69) is 22.6 Å². The van der Waals surface area contributed by atoms with E-state index in [1.165, 1.54) is 0 Å². The van der Waals surface area contributed by atoms with Gasteiger partial charge in [0.05, 0.1) is 6.61 Å².